The number of nitrogens with one attached hydrogen (secondary N) is 1. The van der Waals surface area contributed by atoms with Crippen molar-refractivity contribution in [3.05, 3.63) is 12.2 Å². The predicted molar refractivity (Wildman–Crippen MR) is 54.0 cm³/mol. The van der Waals surface area contributed by atoms with Gasteiger partial charge in [0.25, 0.3) is 0 Å². The molecule has 1 amide bonds. The molecule has 0 aliphatic heterocycles. The summed E-state index contributed by atoms with van der Waals surface area (Å²) in [6, 6.07) is 0. The molecule has 0 unspecified atom stereocenters. The van der Waals surface area contributed by atoms with E-state index in [0.717, 1.165) is 0 Å². The number of amides is 1. The highest BCUT2D eigenvalue weighted by Gasteiger charge is 2.00. The zero-order valence-electron chi connectivity index (χ0n) is 8.05. The number of alkyl carbamates (subject to hydrolysis) is 1. The standard InChI is InChI=1S/C9H16ClNO2/c1-8(2)7-13-9(12)11-6-4-3-5-10/h3-4,8H,5-7H2,1-2H3,(H,11,12)/b4-3+. The Balaban J connectivity index is 3.35. The van der Waals surface area contributed by atoms with Gasteiger partial charge in [-0.1, -0.05) is 26.0 Å². The van der Waals surface area contributed by atoms with Gasteiger partial charge in [-0.2, -0.15) is 0 Å². The van der Waals surface area contributed by atoms with Gasteiger partial charge in [0.1, 0.15) is 0 Å². The highest BCUT2D eigenvalue weighted by atomic mass is 35.5. The lowest BCUT2D eigenvalue weighted by Gasteiger charge is -2.06. The van der Waals surface area contributed by atoms with Crippen LogP contribution in [0.25, 0.3) is 0 Å². The molecule has 0 saturated heterocycles. The van der Waals surface area contributed by atoms with Gasteiger partial charge in [-0.25, -0.2) is 4.79 Å². The first kappa shape index (κ1) is 12.3. The van der Waals surface area contributed by atoms with Gasteiger partial charge in [0.2, 0.25) is 0 Å². The minimum absolute atomic E-state index is 0.365. The fourth-order valence-corrected chi connectivity index (χ4v) is 0.708. The van der Waals surface area contributed by atoms with Crippen LogP contribution in [0.2, 0.25) is 0 Å². The maximum atomic E-state index is 10.9. The Morgan fingerprint density at radius 1 is 1.54 bits per heavy atom. The third-order valence-electron chi connectivity index (χ3n) is 1.17. The minimum Gasteiger partial charge on any atom is -0.449 e. The van der Waals surface area contributed by atoms with E-state index in [2.05, 4.69) is 5.32 Å². The molecular formula is C9H16ClNO2. The number of hydrogen-bond donors (Lipinski definition) is 1. The van der Waals surface area contributed by atoms with Gasteiger partial charge in [0.15, 0.2) is 0 Å². The smallest absolute Gasteiger partial charge is 0.407 e. The summed E-state index contributed by atoms with van der Waals surface area (Å²) in [5, 5.41) is 2.57. The van der Waals surface area contributed by atoms with Crippen molar-refractivity contribution in [1.29, 1.82) is 0 Å². The average molecular weight is 206 g/mol. The van der Waals surface area contributed by atoms with E-state index in [0.29, 0.717) is 24.9 Å². The van der Waals surface area contributed by atoms with Crippen LogP contribution in [-0.4, -0.2) is 25.1 Å². The van der Waals surface area contributed by atoms with E-state index in [1.165, 1.54) is 0 Å². The van der Waals surface area contributed by atoms with E-state index in [4.69, 9.17) is 16.3 Å². The Labute approximate surface area is 84.1 Å². The number of alkyl halides is 1. The van der Waals surface area contributed by atoms with Gasteiger partial charge in [-0.15, -0.1) is 11.6 Å². The number of allylic oxidation sites excluding steroid dienone is 1. The van der Waals surface area contributed by atoms with Crippen LogP contribution in [0.15, 0.2) is 12.2 Å². The highest BCUT2D eigenvalue weighted by molar-refractivity contribution is 6.18. The van der Waals surface area contributed by atoms with Crippen molar-refractivity contribution in [1.82, 2.24) is 5.32 Å². The molecule has 1 N–H and O–H groups in total. The zero-order valence-corrected chi connectivity index (χ0v) is 8.80. The van der Waals surface area contributed by atoms with Crippen LogP contribution in [0.1, 0.15) is 13.8 Å². The summed E-state index contributed by atoms with van der Waals surface area (Å²) in [5.74, 6) is 0.826. The summed E-state index contributed by atoms with van der Waals surface area (Å²) in [4.78, 5) is 10.9. The summed E-state index contributed by atoms with van der Waals surface area (Å²) in [6.07, 6.45) is 3.17. The molecule has 0 aliphatic rings. The normalized spacial score (nSPS) is 10.8. The molecule has 0 bridgehead atoms. The molecule has 3 nitrogen and oxygen atoms in total. The SMILES string of the molecule is CC(C)COC(=O)NC/C=C/CCl. The molecule has 0 radical (unpaired) electrons. The van der Waals surface area contributed by atoms with Crippen LogP contribution in [0.4, 0.5) is 4.79 Å². The average Bonchev–Trinajstić information content (AvgIpc) is 2.09. The Hall–Kier alpha value is -0.700. The molecule has 0 saturated carbocycles. The fraction of sp³-hybridized carbons (Fsp3) is 0.667. The Kier molecular flexibility index (Phi) is 7.50. The van der Waals surface area contributed by atoms with E-state index in [1.807, 2.05) is 13.8 Å². The van der Waals surface area contributed by atoms with Crippen LogP contribution in [-0.2, 0) is 4.74 Å². The van der Waals surface area contributed by atoms with E-state index >= 15 is 0 Å². The number of carbonyl (C=O) groups is 1. The lowest BCUT2D eigenvalue weighted by molar-refractivity contribution is 0.134. The van der Waals surface area contributed by atoms with E-state index < -0.39 is 0 Å². The second kappa shape index (κ2) is 7.92. The Bertz CT molecular complexity index is 169. The van der Waals surface area contributed by atoms with E-state index in [-0.39, 0.29) is 6.09 Å². The van der Waals surface area contributed by atoms with Gasteiger partial charge in [0, 0.05) is 12.4 Å². The largest absolute Gasteiger partial charge is 0.449 e. The molecule has 0 fully saturated rings. The monoisotopic (exact) mass is 205 g/mol. The quantitative estimate of drug-likeness (QED) is 0.552. The molecule has 13 heavy (non-hydrogen) atoms. The maximum absolute atomic E-state index is 10.9. The zero-order chi connectivity index (χ0) is 10.1. The van der Waals surface area contributed by atoms with Gasteiger partial charge in [-0.3, -0.25) is 0 Å². The lowest BCUT2D eigenvalue weighted by Crippen LogP contribution is -2.25. The number of ether oxygens (including phenoxy) is 1. The lowest BCUT2D eigenvalue weighted by atomic mass is 10.2. The van der Waals surface area contributed by atoms with Gasteiger partial charge >= 0.3 is 6.09 Å². The minimum atomic E-state index is -0.382. The summed E-state index contributed by atoms with van der Waals surface area (Å²) >= 11 is 5.39. The van der Waals surface area contributed by atoms with Crippen LogP contribution < -0.4 is 5.32 Å². The third kappa shape index (κ3) is 9.21. The fourth-order valence-electron chi connectivity index (χ4n) is 0.582. The first-order valence-electron chi connectivity index (χ1n) is 4.28. The van der Waals surface area contributed by atoms with E-state index in [9.17, 15) is 4.79 Å². The molecule has 0 atom stereocenters. The molecule has 0 aromatic carbocycles. The van der Waals surface area contributed by atoms with Gasteiger partial charge < -0.3 is 10.1 Å². The predicted octanol–water partition coefficient (Wildman–Crippen LogP) is 2.16. The second-order valence-corrected chi connectivity index (χ2v) is 3.31. The molecule has 0 heterocycles. The van der Waals surface area contributed by atoms with Crippen LogP contribution in [0, 0.1) is 5.92 Å². The van der Waals surface area contributed by atoms with Crippen molar-refractivity contribution in [3.8, 4) is 0 Å². The van der Waals surface area contributed by atoms with Crippen molar-refractivity contribution in [2.24, 2.45) is 5.92 Å². The van der Waals surface area contributed by atoms with Crippen molar-refractivity contribution >= 4 is 17.7 Å². The Morgan fingerprint density at radius 3 is 2.77 bits per heavy atom. The number of rotatable bonds is 5. The summed E-state index contributed by atoms with van der Waals surface area (Å²) in [7, 11) is 0. The number of halogens is 1. The third-order valence-corrected chi connectivity index (χ3v) is 1.35. The Morgan fingerprint density at radius 2 is 2.23 bits per heavy atom. The molecule has 0 aliphatic carbocycles. The first-order valence-corrected chi connectivity index (χ1v) is 4.82. The maximum Gasteiger partial charge on any atom is 0.407 e. The van der Waals surface area contributed by atoms with Crippen molar-refractivity contribution in [2.75, 3.05) is 19.0 Å². The number of hydrogen-bond acceptors (Lipinski definition) is 2. The first-order chi connectivity index (χ1) is 6.16. The van der Waals surface area contributed by atoms with Gasteiger partial charge in [-0.05, 0) is 5.92 Å². The molecule has 76 valence electrons. The summed E-state index contributed by atoms with van der Waals surface area (Å²) < 4.78 is 4.87. The van der Waals surface area contributed by atoms with Gasteiger partial charge in [0.05, 0.1) is 6.61 Å². The molecule has 0 rings (SSSR count). The highest BCUT2D eigenvalue weighted by Crippen LogP contribution is 1.92. The molecule has 4 heteroatoms. The van der Waals surface area contributed by atoms with Crippen molar-refractivity contribution < 1.29 is 9.53 Å². The van der Waals surface area contributed by atoms with E-state index in [1.54, 1.807) is 12.2 Å². The molecular weight excluding hydrogens is 190 g/mol. The van der Waals surface area contributed by atoms with Crippen molar-refractivity contribution in [2.45, 2.75) is 13.8 Å². The van der Waals surface area contributed by atoms with Crippen LogP contribution in [0.5, 0.6) is 0 Å². The van der Waals surface area contributed by atoms with Crippen LogP contribution >= 0.6 is 11.6 Å². The molecule has 0 aromatic rings. The summed E-state index contributed by atoms with van der Waals surface area (Å²) in [6.45, 7) is 4.88. The van der Waals surface area contributed by atoms with Crippen molar-refractivity contribution in [3.63, 3.8) is 0 Å². The second-order valence-electron chi connectivity index (χ2n) is 3.00. The van der Waals surface area contributed by atoms with Crippen LogP contribution in [0.3, 0.4) is 0 Å². The topological polar surface area (TPSA) is 38.3 Å². The molecule has 0 aromatic heterocycles. The number of carbonyl (C=O) groups excluding carboxylic acids is 1. The molecule has 0 spiro atoms. The summed E-state index contributed by atoms with van der Waals surface area (Å²) in [5.41, 5.74) is 0.